The summed E-state index contributed by atoms with van der Waals surface area (Å²) < 4.78 is 0. The van der Waals surface area contributed by atoms with Gasteiger partial charge in [0.15, 0.2) is 0 Å². The fourth-order valence-corrected chi connectivity index (χ4v) is 3.05. The first-order valence-electron chi connectivity index (χ1n) is 5.95. The number of hydrogen-bond donors (Lipinski definition) is 1. The molecule has 0 fully saturated rings. The highest BCUT2D eigenvalue weighted by Crippen LogP contribution is 2.29. The largest absolute Gasteiger partial charge is 0.363 e. The van der Waals surface area contributed by atoms with Crippen LogP contribution in [0.5, 0.6) is 0 Å². The van der Waals surface area contributed by atoms with Gasteiger partial charge < -0.3 is 5.32 Å². The summed E-state index contributed by atoms with van der Waals surface area (Å²) in [5.74, 6) is 0.846. The van der Waals surface area contributed by atoms with E-state index in [4.69, 9.17) is 11.6 Å². The highest BCUT2D eigenvalue weighted by Gasteiger charge is 2.11. The van der Waals surface area contributed by atoms with Gasteiger partial charge in [0, 0.05) is 5.02 Å². The maximum atomic E-state index is 6.21. The molecule has 0 unspecified atom stereocenters. The second-order valence-corrected chi connectivity index (χ2v) is 5.55. The molecule has 1 aromatic carbocycles. The molecule has 96 valence electrons. The summed E-state index contributed by atoms with van der Waals surface area (Å²) in [5, 5.41) is 7.23. The molecule has 0 bridgehead atoms. The monoisotopic (exact) mass is 289 g/mol. The van der Waals surface area contributed by atoms with E-state index >= 15 is 0 Å². The van der Waals surface area contributed by atoms with E-state index in [0.717, 1.165) is 26.6 Å². The molecule has 2 aromatic heterocycles. The van der Waals surface area contributed by atoms with Crippen LogP contribution in [-0.2, 0) is 0 Å². The number of rotatable bonds is 3. The van der Waals surface area contributed by atoms with Crippen molar-refractivity contribution in [2.75, 3.05) is 5.32 Å². The Bertz CT molecular complexity index is 710. The number of benzene rings is 1. The Morgan fingerprint density at radius 1 is 1.21 bits per heavy atom. The Morgan fingerprint density at radius 2 is 2.05 bits per heavy atom. The molecule has 1 N–H and O–H groups in total. The third-order valence-electron chi connectivity index (χ3n) is 2.99. The highest BCUT2D eigenvalue weighted by molar-refractivity contribution is 7.16. The molecule has 0 spiro atoms. The molecule has 0 saturated carbocycles. The van der Waals surface area contributed by atoms with Gasteiger partial charge in [0.25, 0.3) is 0 Å². The first-order valence-corrected chi connectivity index (χ1v) is 7.20. The van der Waals surface area contributed by atoms with Gasteiger partial charge in [-0.25, -0.2) is 9.97 Å². The average Bonchev–Trinajstić information content (AvgIpc) is 2.88. The quantitative estimate of drug-likeness (QED) is 0.770. The zero-order chi connectivity index (χ0) is 13.2. The van der Waals surface area contributed by atoms with E-state index in [0.29, 0.717) is 0 Å². The van der Waals surface area contributed by atoms with E-state index in [1.807, 2.05) is 35.7 Å². The number of halogens is 1. The Hall–Kier alpha value is -1.65. The third kappa shape index (κ3) is 2.41. The van der Waals surface area contributed by atoms with Crippen molar-refractivity contribution in [3.8, 4) is 0 Å². The molecule has 2 heterocycles. The van der Waals surface area contributed by atoms with Gasteiger partial charge in [0.1, 0.15) is 17.0 Å². The number of nitrogens with one attached hydrogen (secondary N) is 1. The second-order valence-electron chi connectivity index (χ2n) is 4.25. The van der Waals surface area contributed by atoms with Crippen molar-refractivity contribution in [1.29, 1.82) is 0 Å². The maximum absolute atomic E-state index is 6.21. The minimum absolute atomic E-state index is 0.0895. The topological polar surface area (TPSA) is 37.8 Å². The molecule has 3 aromatic rings. The first-order chi connectivity index (χ1) is 9.25. The van der Waals surface area contributed by atoms with E-state index in [1.54, 1.807) is 17.7 Å². The summed E-state index contributed by atoms with van der Waals surface area (Å²) in [6, 6.07) is 9.95. The molecule has 1 atom stereocenters. The zero-order valence-corrected chi connectivity index (χ0v) is 11.9. The highest BCUT2D eigenvalue weighted by atomic mass is 35.5. The van der Waals surface area contributed by atoms with Crippen LogP contribution < -0.4 is 5.32 Å². The summed E-state index contributed by atoms with van der Waals surface area (Å²) in [5.41, 5.74) is 1.06. The summed E-state index contributed by atoms with van der Waals surface area (Å²) in [6.45, 7) is 2.07. The number of fused-ring (bicyclic) bond motifs is 1. The van der Waals surface area contributed by atoms with Gasteiger partial charge in [0.2, 0.25) is 0 Å². The van der Waals surface area contributed by atoms with Gasteiger partial charge in [-0.15, -0.1) is 11.3 Å². The van der Waals surface area contributed by atoms with Crippen LogP contribution in [0.15, 0.2) is 42.0 Å². The SMILES string of the molecule is C[C@@H](Nc1ncnc2sccc12)c1ccccc1Cl. The van der Waals surface area contributed by atoms with Crippen LogP contribution in [0.25, 0.3) is 10.2 Å². The van der Waals surface area contributed by atoms with Crippen LogP contribution in [-0.4, -0.2) is 9.97 Å². The van der Waals surface area contributed by atoms with Crippen LogP contribution in [0.3, 0.4) is 0 Å². The van der Waals surface area contributed by atoms with Crippen molar-refractivity contribution in [2.24, 2.45) is 0 Å². The second kappa shape index (κ2) is 5.15. The molecule has 0 radical (unpaired) electrons. The lowest BCUT2D eigenvalue weighted by molar-refractivity contribution is 0.876. The van der Waals surface area contributed by atoms with Crippen molar-refractivity contribution in [3.05, 3.63) is 52.6 Å². The van der Waals surface area contributed by atoms with Gasteiger partial charge in [-0.1, -0.05) is 29.8 Å². The molecule has 0 aliphatic carbocycles. The van der Waals surface area contributed by atoms with Crippen LogP contribution >= 0.6 is 22.9 Å². The zero-order valence-electron chi connectivity index (χ0n) is 10.3. The molecule has 19 heavy (non-hydrogen) atoms. The van der Waals surface area contributed by atoms with E-state index < -0.39 is 0 Å². The van der Waals surface area contributed by atoms with Gasteiger partial charge in [-0.3, -0.25) is 0 Å². The van der Waals surface area contributed by atoms with Gasteiger partial charge in [-0.2, -0.15) is 0 Å². The molecule has 0 aliphatic heterocycles. The molecule has 0 saturated heterocycles. The number of aromatic nitrogens is 2. The van der Waals surface area contributed by atoms with E-state index in [1.165, 1.54) is 0 Å². The van der Waals surface area contributed by atoms with E-state index in [-0.39, 0.29) is 6.04 Å². The lowest BCUT2D eigenvalue weighted by Gasteiger charge is -2.16. The molecule has 3 rings (SSSR count). The predicted octanol–water partition coefficient (Wildman–Crippen LogP) is 4.52. The van der Waals surface area contributed by atoms with Crippen LogP contribution in [0.1, 0.15) is 18.5 Å². The van der Waals surface area contributed by atoms with Crippen LogP contribution in [0.4, 0.5) is 5.82 Å². The number of nitrogens with zero attached hydrogens (tertiary/aromatic N) is 2. The minimum atomic E-state index is 0.0895. The average molecular weight is 290 g/mol. The maximum Gasteiger partial charge on any atom is 0.138 e. The van der Waals surface area contributed by atoms with Crippen molar-refractivity contribution in [2.45, 2.75) is 13.0 Å². The molecular weight excluding hydrogens is 278 g/mol. The van der Waals surface area contributed by atoms with Crippen LogP contribution in [0.2, 0.25) is 5.02 Å². The molecular formula is C14H12ClN3S. The van der Waals surface area contributed by atoms with Crippen molar-refractivity contribution in [1.82, 2.24) is 9.97 Å². The molecule has 0 amide bonds. The summed E-state index contributed by atoms with van der Waals surface area (Å²) in [4.78, 5) is 9.55. The Balaban J connectivity index is 1.93. The first kappa shape index (κ1) is 12.4. The molecule has 5 heteroatoms. The third-order valence-corrected chi connectivity index (χ3v) is 4.15. The van der Waals surface area contributed by atoms with Crippen molar-refractivity contribution >= 4 is 39.0 Å². The van der Waals surface area contributed by atoms with E-state index in [2.05, 4.69) is 22.2 Å². The Kier molecular flexibility index (Phi) is 3.36. The van der Waals surface area contributed by atoms with Crippen molar-refractivity contribution in [3.63, 3.8) is 0 Å². The number of hydrogen-bond acceptors (Lipinski definition) is 4. The summed E-state index contributed by atoms with van der Waals surface area (Å²) in [7, 11) is 0. The Labute approximate surface area is 120 Å². The standard InChI is InChI=1S/C14H12ClN3S/c1-9(10-4-2-3-5-12(10)15)18-13-11-6-7-19-14(11)17-8-16-13/h2-9H,1H3,(H,16,17,18)/t9-/m1/s1. The predicted molar refractivity (Wildman–Crippen MR) is 80.9 cm³/mol. The van der Waals surface area contributed by atoms with Crippen molar-refractivity contribution < 1.29 is 0 Å². The minimum Gasteiger partial charge on any atom is -0.363 e. The summed E-state index contributed by atoms with van der Waals surface area (Å²) in [6.07, 6.45) is 1.58. The fraction of sp³-hybridized carbons (Fsp3) is 0.143. The number of anilines is 1. The summed E-state index contributed by atoms with van der Waals surface area (Å²) >= 11 is 7.82. The van der Waals surface area contributed by atoms with E-state index in [9.17, 15) is 0 Å². The lowest BCUT2D eigenvalue weighted by atomic mass is 10.1. The fourth-order valence-electron chi connectivity index (χ4n) is 2.01. The van der Waals surface area contributed by atoms with Gasteiger partial charge >= 0.3 is 0 Å². The lowest BCUT2D eigenvalue weighted by Crippen LogP contribution is -2.08. The molecule has 3 nitrogen and oxygen atoms in total. The van der Waals surface area contributed by atoms with Gasteiger partial charge in [0.05, 0.1) is 11.4 Å². The molecule has 0 aliphatic rings. The normalized spacial score (nSPS) is 12.5. The Morgan fingerprint density at radius 3 is 2.89 bits per heavy atom. The van der Waals surface area contributed by atoms with Gasteiger partial charge in [-0.05, 0) is 30.0 Å². The smallest absolute Gasteiger partial charge is 0.138 e. The number of thiophene rings is 1. The van der Waals surface area contributed by atoms with Crippen LogP contribution in [0, 0.1) is 0 Å².